The van der Waals surface area contributed by atoms with Gasteiger partial charge in [0, 0.05) is 18.6 Å². The molecule has 0 radical (unpaired) electrons. The van der Waals surface area contributed by atoms with Crippen molar-refractivity contribution < 1.29 is 0 Å². The van der Waals surface area contributed by atoms with E-state index in [2.05, 4.69) is 56.2 Å². The van der Waals surface area contributed by atoms with Crippen molar-refractivity contribution in [2.24, 2.45) is 0 Å². The van der Waals surface area contributed by atoms with Gasteiger partial charge >= 0.3 is 0 Å². The van der Waals surface area contributed by atoms with E-state index in [1.165, 1.54) is 5.56 Å². The van der Waals surface area contributed by atoms with E-state index in [9.17, 15) is 0 Å². The van der Waals surface area contributed by atoms with E-state index in [0.717, 1.165) is 21.5 Å². The molecule has 1 unspecified atom stereocenters. The molecular weight excluding hydrogens is 318 g/mol. The fourth-order valence-corrected chi connectivity index (χ4v) is 2.55. The van der Waals surface area contributed by atoms with Gasteiger partial charge in [0.05, 0.1) is 22.4 Å². The smallest absolute Gasteiger partial charge is 0.153 e. The Morgan fingerprint density at radius 2 is 2.15 bits per heavy atom. The largest absolute Gasteiger partial charge is 0.360 e. The van der Waals surface area contributed by atoms with E-state index >= 15 is 0 Å². The Labute approximate surface area is 125 Å². The first-order valence-corrected chi connectivity index (χ1v) is 7.11. The van der Waals surface area contributed by atoms with Crippen molar-refractivity contribution >= 4 is 27.3 Å². The molecule has 0 saturated carbocycles. The van der Waals surface area contributed by atoms with Crippen LogP contribution >= 0.6 is 15.9 Å². The van der Waals surface area contributed by atoms with E-state index in [4.69, 9.17) is 0 Å². The van der Waals surface area contributed by atoms with Crippen LogP contribution in [0.5, 0.6) is 0 Å². The number of nitrogens with zero attached hydrogens (tertiary/aromatic N) is 4. The Morgan fingerprint density at radius 1 is 1.30 bits per heavy atom. The summed E-state index contributed by atoms with van der Waals surface area (Å²) in [4.78, 5) is 8.80. The fraction of sp³-hybridized carbons (Fsp3) is 0.214. The summed E-state index contributed by atoms with van der Waals surface area (Å²) < 4.78 is 2.70. The highest BCUT2D eigenvalue weighted by Gasteiger charge is 2.12. The van der Waals surface area contributed by atoms with Crippen LogP contribution < -0.4 is 5.32 Å². The Morgan fingerprint density at radius 3 is 2.95 bits per heavy atom. The summed E-state index contributed by atoms with van der Waals surface area (Å²) in [5, 5.41) is 7.64. The maximum absolute atomic E-state index is 4.40. The predicted molar refractivity (Wildman–Crippen MR) is 81.7 cm³/mol. The molecule has 0 fully saturated rings. The maximum Gasteiger partial charge on any atom is 0.153 e. The third kappa shape index (κ3) is 2.38. The van der Waals surface area contributed by atoms with Crippen molar-refractivity contribution in [1.29, 1.82) is 0 Å². The van der Waals surface area contributed by atoms with Gasteiger partial charge in [-0.1, -0.05) is 0 Å². The van der Waals surface area contributed by atoms with E-state index < -0.39 is 0 Å². The van der Waals surface area contributed by atoms with Crippen LogP contribution in [-0.4, -0.2) is 19.6 Å². The lowest BCUT2D eigenvalue weighted by molar-refractivity contribution is 0.826. The highest BCUT2D eigenvalue weighted by molar-refractivity contribution is 9.10. The first kappa shape index (κ1) is 13.1. The minimum Gasteiger partial charge on any atom is -0.360 e. The lowest BCUT2D eigenvalue weighted by atomic mass is 10.1. The number of aryl methyl sites for hydroxylation is 1. The van der Waals surface area contributed by atoms with Gasteiger partial charge in [-0.25, -0.2) is 9.50 Å². The molecule has 5 nitrogen and oxygen atoms in total. The average molecular weight is 332 g/mol. The second kappa shape index (κ2) is 5.20. The van der Waals surface area contributed by atoms with Gasteiger partial charge in [-0.3, -0.25) is 4.98 Å². The summed E-state index contributed by atoms with van der Waals surface area (Å²) >= 11 is 3.50. The number of halogens is 1. The molecule has 3 aromatic heterocycles. The molecule has 0 amide bonds. The van der Waals surface area contributed by atoms with Gasteiger partial charge in [-0.15, -0.1) is 0 Å². The summed E-state index contributed by atoms with van der Waals surface area (Å²) in [5.41, 5.74) is 3.11. The summed E-state index contributed by atoms with van der Waals surface area (Å²) in [6, 6.07) is 4.13. The second-order valence-electron chi connectivity index (χ2n) is 4.69. The molecule has 102 valence electrons. The summed E-state index contributed by atoms with van der Waals surface area (Å²) in [5.74, 6) is 0.785. The average Bonchev–Trinajstić information content (AvgIpc) is 2.82. The first-order valence-electron chi connectivity index (χ1n) is 6.32. The predicted octanol–water partition coefficient (Wildman–Crippen LogP) is 3.37. The van der Waals surface area contributed by atoms with Crippen LogP contribution in [0.15, 0.2) is 41.4 Å². The van der Waals surface area contributed by atoms with Crippen molar-refractivity contribution in [3.05, 3.63) is 52.7 Å². The number of hydrogen-bond donors (Lipinski definition) is 1. The van der Waals surface area contributed by atoms with E-state index in [0.29, 0.717) is 0 Å². The van der Waals surface area contributed by atoms with Crippen molar-refractivity contribution in [1.82, 2.24) is 19.6 Å². The SMILES string of the molecule is Cc1ccnc(C(C)Nc2nccn3ncc(Br)c23)c1. The number of rotatable bonds is 3. The van der Waals surface area contributed by atoms with Crippen LogP contribution in [0, 0.1) is 6.92 Å². The molecule has 0 bridgehead atoms. The highest BCUT2D eigenvalue weighted by atomic mass is 79.9. The zero-order chi connectivity index (χ0) is 14.1. The number of pyridine rings is 1. The first-order chi connectivity index (χ1) is 9.65. The van der Waals surface area contributed by atoms with Crippen LogP contribution in [0.25, 0.3) is 5.52 Å². The van der Waals surface area contributed by atoms with Crippen LogP contribution in [0.1, 0.15) is 24.2 Å². The number of nitrogens with one attached hydrogen (secondary N) is 1. The van der Waals surface area contributed by atoms with Gasteiger partial charge < -0.3 is 5.32 Å². The molecule has 3 aromatic rings. The quantitative estimate of drug-likeness (QED) is 0.799. The monoisotopic (exact) mass is 331 g/mol. The summed E-state index contributed by atoms with van der Waals surface area (Å²) in [7, 11) is 0. The van der Waals surface area contributed by atoms with Crippen LogP contribution in [0.4, 0.5) is 5.82 Å². The fourth-order valence-electron chi connectivity index (χ4n) is 2.09. The molecule has 1 atom stereocenters. The maximum atomic E-state index is 4.40. The molecule has 0 spiro atoms. The van der Waals surface area contributed by atoms with Crippen molar-refractivity contribution in [3.8, 4) is 0 Å². The van der Waals surface area contributed by atoms with Crippen molar-refractivity contribution in [2.75, 3.05) is 5.32 Å². The molecule has 1 N–H and O–H groups in total. The Balaban J connectivity index is 1.95. The number of hydrogen-bond acceptors (Lipinski definition) is 4. The topological polar surface area (TPSA) is 55.1 Å². The third-order valence-corrected chi connectivity index (χ3v) is 3.70. The molecule has 3 heterocycles. The Kier molecular flexibility index (Phi) is 3.40. The zero-order valence-electron chi connectivity index (χ0n) is 11.2. The minimum atomic E-state index is 0.0652. The highest BCUT2D eigenvalue weighted by Crippen LogP contribution is 2.26. The van der Waals surface area contributed by atoms with E-state index in [1.54, 1.807) is 16.9 Å². The molecule has 20 heavy (non-hydrogen) atoms. The van der Waals surface area contributed by atoms with Crippen molar-refractivity contribution in [2.45, 2.75) is 19.9 Å². The molecule has 0 aromatic carbocycles. The van der Waals surface area contributed by atoms with Crippen LogP contribution in [0.3, 0.4) is 0 Å². The summed E-state index contributed by atoms with van der Waals surface area (Å²) in [6.07, 6.45) is 7.13. The lowest BCUT2D eigenvalue weighted by Crippen LogP contribution is -2.10. The third-order valence-electron chi connectivity index (χ3n) is 3.12. The van der Waals surface area contributed by atoms with Crippen molar-refractivity contribution in [3.63, 3.8) is 0 Å². The van der Waals surface area contributed by atoms with Crippen LogP contribution in [-0.2, 0) is 0 Å². The van der Waals surface area contributed by atoms with Gasteiger partial charge in [0.15, 0.2) is 5.82 Å². The zero-order valence-corrected chi connectivity index (χ0v) is 12.8. The Hall–Kier alpha value is -1.95. The molecule has 0 aliphatic rings. The standard InChI is InChI=1S/C14H14BrN5/c1-9-3-4-16-12(7-9)10(2)19-14-13-11(15)8-18-20(13)6-5-17-14/h3-8,10H,1-2H3,(H,17,19). The van der Waals surface area contributed by atoms with Gasteiger partial charge in [0.25, 0.3) is 0 Å². The van der Waals surface area contributed by atoms with Crippen LogP contribution in [0.2, 0.25) is 0 Å². The number of anilines is 1. The normalized spacial score (nSPS) is 12.6. The molecule has 3 rings (SSSR count). The Bertz CT molecular complexity index is 752. The van der Waals surface area contributed by atoms with E-state index in [1.807, 2.05) is 18.5 Å². The van der Waals surface area contributed by atoms with Gasteiger partial charge in [0.1, 0.15) is 5.52 Å². The lowest BCUT2D eigenvalue weighted by Gasteiger charge is -2.15. The van der Waals surface area contributed by atoms with Gasteiger partial charge in [0.2, 0.25) is 0 Å². The van der Waals surface area contributed by atoms with Gasteiger partial charge in [-0.05, 0) is 47.5 Å². The molecule has 0 saturated heterocycles. The minimum absolute atomic E-state index is 0.0652. The molecule has 0 aliphatic heterocycles. The molecule has 0 aliphatic carbocycles. The molecule has 6 heteroatoms. The summed E-state index contributed by atoms with van der Waals surface area (Å²) in [6.45, 7) is 4.13. The van der Waals surface area contributed by atoms with E-state index in [-0.39, 0.29) is 6.04 Å². The van der Waals surface area contributed by atoms with Gasteiger partial charge in [-0.2, -0.15) is 5.10 Å². The number of aromatic nitrogens is 4. The molecular formula is C14H14BrN5. The number of fused-ring (bicyclic) bond motifs is 1. The second-order valence-corrected chi connectivity index (χ2v) is 5.54.